The van der Waals surface area contributed by atoms with Crippen LogP contribution < -0.4 is 10.1 Å². The predicted molar refractivity (Wildman–Crippen MR) is 100.0 cm³/mol. The summed E-state index contributed by atoms with van der Waals surface area (Å²) in [5.74, 6) is 0.468. The zero-order valence-corrected chi connectivity index (χ0v) is 15.7. The largest absolute Gasteiger partial charge is 0.490 e. The Bertz CT molecular complexity index is 875. The van der Waals surface area contributed by atoms with Crippen LogP contribution in [0.25, 0.3) is 11.0 Å². The number of carbonyl (C=O) groups excluding carboxylic acids is 1. The maximum Gasteiger partial charge on any atom is 0.251 e. The minimum atomic E-state index is -0.168. The van der Waals surface area contributed by atoms with Gasteiger partial charge in [0.15, 0.2) is 4.67 Å². The Labute approximate surface area is 154 Å². The molecule has 2 aromatic heterocycles. The third-order valence-electron chi connectivity index (χ3n) is 3.59. The number of aromatic nitrogens is 1. The third kappa shape index (κ3) is 4.39. The van der Waals surface area contributed by atoms with Gasteiger partial charge in [-0.1, -0.05) is 6.07 Å². The van der Waals surface area contributed by atoms with Gasteiger partial charge in [0, 0.05) is 36.5 Å². The van der Waals surface area contributed by atoms with E-state index in [0.717, 1.165) is 11.1 Å². The number of benzene rings is 1. The van der Waals surface area contributed by atoms with Crippen molar-refractivity contribution in [3.8, 4) is 5.75 Å². The second kappa shape index (κ2) is 7.70. The molecule has 1 N–H and O–H groups in total. The Balaban J connectivity index is 1.76. The van der Waals surface area contributed by atoms with Crippen molar-refractivity contribution in [3.63, 3.8) is 0 Å². The SMILES string of the molecule is CC(C)Oc1cc(C(=O)NCCc2ccccn2)cc2oc(Br)cc12. The van der Waals surface area contributed by atoms with Crippen LogP contribution in [-0.2, 0) is 6.42 Å². The first-order chi connectivity index (χ1) is 12.0. The monoisotopic (exact) mass is 402 g/mol. The summed E-state index contributed by atoms with van der Waals surface area (Å²) >= 11 is 3.32. The van der Waals surface area contributed by atoms with Gasteiger partial charge in [0.25, 0.3) is 5.91 Å². The number of rotatable bonds is 6. The molecule has 0 fully saturated rings. The standard InChI is InChI=1S/C19H19BrN2O3/c1-12(2)24-16-9-13(10-17-15(16)11-18(20)25-17)19(23)22-8-6-14-5-3-4-7-21-14/h3-5,7,9-12H,6,8H2,1-2H3,(H,22,23). The number of amides is 1. The molecule has 0 bridgehead atoms. The number of nitrogens with one attached hydrogen (secondary N) is 1. The minimum Gasteiger partial charge on any atom is -0.490 e. The summed E-state index contributed by atoms with van der Waals surface area (Å²) in [5, 5.41) is 3.75. The highest BCUT2D eigenvalue weighted by molar-refractivity contribution is 9.10. The lowest BCUT2D eigenvalue weighted by Crippen LogP contribution is -2.26. The summed E-state index contributed by atoms with van der Waals surface area (Å²) in [6, 6.07) is 11.1. The molecule has 0 spiro atoms. The molecule has 0 unspecified atom stereocenters. The van der Waals surface area contributed by atoms with Crippen molar-refractivity contribution in [2.24, 2.45) is 0 Å². The van der Waals surface area contributed by atoms with Gasteiger partial charge in [-0.2, -0.15) is 0 Å². The fourth-order valence-electron chi connectivity index (χ4n) is 2.51. The number of halogens is 1. The number of furan rings is 1. The van der Waals surface area contributed by atoms with E-state index in [4.69, 9.17) is 9.15 Å². The van der Waals surface area contributed by atoms with Gasteiger partial charge in [-0.3, -0.25) is 9.78 Å². The Hall–Kier alpha value is -2.34. The molecule has 0 saturated carbocycles. The molecular weight excluding hydrogens is 384 g/mol. The second-order valence-electron chi connectivity index (χ2n) is 5.93. The van der Waals surface area contributed by atoms with E-state index in [1.807, 2.05) is 38.1 Å². The number of nitrogens with zero attached hydrogens (tertiary/aromatic N) is 1. The Morgan fingerprint density at radius 3 is 2.88 bits per heavy atom. The van der Waals surface area contributed by atoms with Gasteiger partial charge in [0.1, 0.15) is 11.3 Å². The average Bonchev–Trinajstić information content (AvgIpc) is 2.96. The molecule has 0 aliphatic heterocycles. The van der Waals surface area contributed by atoms with Crippen LogP contribution in [-0.4, -0.2) is 23.5 Å². The lowest BCUT2D eigenvalue weighted by Gasteiger charge is -2.12. The van der Waals surface area contributed by atoms with E-state index >= 15 is 0 Å². The zero-order valence-electron chi connectivity index (χ0n) is 14.1. The van der Waals surface area contributed by atoms with Gasteiger partial charge in [0.05, 0.1) is 11.5 Å². The second-order valence-corrected chi connectivity index (χ2v) is 6.71. The smallest absolute Gasteiger partial charge is 0.251 e. The summed E-state index contributed by atoms with van der Waals surface area (Å²) in [6.07, 6.45) is 2.42. The van der Waals surface area contributed by atoms with Crippen molar-refractivity contribution in [2.45, 2.75) is 26.4 Å². The molecule has 0 atom stereocenters. The molecule has 0 aliphatic carbocycles. The highest BCUT2D eigenvalue weighted by Gasteiger charge is 2.15. The topological polar surface area (TPSA) is 64.4 Å². The average molecular weight is 403 g/mol. The predicted octanol–water partition coefficient (Wildman–Crippen LogP) is 4.35. The van der Waals surface area contributed by atoms with Gasteiger partial charge < -0.3 is 14.5 Å². The molecular formula is C19H19BrN2O3. The molecule has 130 valence electrons. The number of carbonyl (C=O) groups is 1. The fourth-order valence-corrected chi connectivity index (χ4v) is 2.91. The van der Waals surface area contributed by atoms with Crippen molar-refractivity contribution >= 4 is 32.8 Å². The van der Waals surface area contributed by atoms with Crippen LogP contribution in [0.15, 0.2) is 51.7 Å². The fraction of sp³-hybridized carbons (Fsp3) is 0.263. The Morgan fingerprint density at radius 1 is 1.32 bits per heavy atom. The number of hydrogen-bond donors (Lipinski definition) is 1. The summed E-state index contributed by atoms with van der Waals surface area (Å²) in [5.41, 5.74) is 2.06. The highest BCUT2D eigenvalue weighted by Crippen LogP contribution is 2.33. The van der Waals surface area contributed by atoms with E-state index in [2.05, 4.69) is 26.2 Å². The van der Waals surface area contributed by atoms with E-state index < -0.39 is 0 Å². The molecule has 3 rings (SSSR count). The first-order valence-electron chi connectivity index (χ1n) is 8.11. The molecule has 0 radical (unpaired) electrons. The number of ether oxygens (including phenoxy) is 1. The molecule has 5 nitrogen and oxygen atoms in total. The van der Waals surface area contributed by atoms with E-state index in [0.29, 0.717) is 34.5 Å². The quantitative estimate of drug-likeness (QED) is 0.665. The molecule has 1 amide bonds. The summed E-state index contributed by atoms with van der Waals surface area (Å²) < 4.78 is 12.0. The van der Waals surface area contributed by atoms with E-state index in [1.165, 1.54) is 0 Å². The normalized spacial score (nSPS) is 11.0. The van der Waals surface area contributed by atoms with E-state index in [9.17, 15) is 4.79 Å². The lowest BCUT2D eigenvalue weighted by atomic mass is 10.1. The number of hydrogen-bond acceptors (Lipinski definition) is 4. The van der Waals surface area contributed by atoms with E-state index in [1.54, 1.807) is 18.3 Å². The first-order valence-corrected chi connectivity index (χ1v) is 8.90. The molecule has 3 aromatic rings. The summed E-state index contributed by atoms with van der Waals surface area (Å²) in [7, 11) is 0. The number of fused-ring (bicyclic) bond motifs is 1. The van der Waals surface area contributed by atoms with Crippen molar-refractivity contribution in [1.29, 1.82) is 0 Å². The van der Waals surface area contributed by atoms with Crippen LogP contribution in [0.3, 0.4) is 0 Å². The van der Waals surface area contributed by atoms with Gasteiger partial charge in [-0.25, -0.2) is 0 Å². The van der Waals surface area contributed by atoms with Gasteiger partial charge >= 0.3 is 0 Å². The lowest BCUT2D eigenvalue weighted by molar-refractivity contribution is 0.0953. The van der Waals surface area contributed by atoms with Crippen LogP contribution in [0.4, 0.5) is 0 Å². The van der Waals surface area contributed by atoms with Crippen LogP contribution in [0.1, 0.15) is 29.9 Å². The third-order valence-corrected chi connectivity index (χ3v) is 3.98. The van der Waals surface area contributed by atoms with Gasteiger partial charge in [-0.15, -0.1) is 0 Å². The van der Waals surface area contributed by atoms with Crippen LogP contribution in [0, 0.1) is 0 Å². The molecule has 0 saturated heterocycles. The maximum absolute atomic E-state index is 12.5. The number of pyridine rings is 1. The molecule has 0 aliphatic rings. The Morgan fingerprint density at radius 2 is 2.16 bits per heavy atom. The minimum absolute atomic E-state index is 0.000609. The molecule has 2 heterocycles. The van der Waals surface area contributed by atoms with Gasteiger partial charge in [-0.05, 0) is 54.0 Å². The van der Waals surface area contributed by atoms with E-state index in [-0.39, 0.29) is 12.0 Å². The summed E-state index contributed by atoms with van der Waals surface area (Å²) in [4.78, 5) is 16.7. The molecule has 1 aromatic carbocycles. The Kier molecular flexibility index (Phi) is 5.38. The zero-order chi connectivity index (χ0) is 17.8. The maximum atomic E-state index is 12.5. The van der Waals surface area contributed by atoms with Crippen molar-refractivity contribution in [2.75, 3.05) is 6.54 Å². The van der Waals surface area contributed by atoms with Crippen LogP contribution in [0.2, 0.25) is 0 Å². The highest BCUT2D eigenvalue weighted by atomic mass is 79.9. The molecule has 25 heavy (non-hydrogen) atoms. The summed E-state index contributed by atoms with van der Waals surface area (Å²) in [6.45, 7) is 4.40. The molecule has 6 heteroatoms. The first kappa shape index (κ1) is 17.5. The van der Waals surface area contributed by atoms with Crippen LogP contribution in [0.5, 0.6) is 5.75 Å². The van der Waals surface area contributed by atoms with Crippen molar-refractivity contribution in [3.05, 3.63) is 58.5 Å². The van der Waals surface area contributed by atoms with Crippen molar-refractivity contribution < 1.29 is 13.9 Å². The van der Waals surface area contributed by atoms with Crippen LogP contribution >= 0.6 is 15.9 Å². The van der Waals surface area contributed by atoms with Gasteiger partial charge in [0.2, 0.25) is 0 Å². The van der Waals surface area contributed by atoms with Crippen molar-refractivity contribution in [1.82, 2.24) is 10.3 Å².